The van der Waals surface area contributed by atoms with Gasteiger partial charge < -0.3 is 5.32 Å². The molecule has 1 aliphatic heterocycles. The number of halogens is 1. The minimum Gasteiger partial charge on any atom is -0.314 e. The average Bonchev–Trinajstić information content (AvgIpc) is 2.70. The summed E-state index contributed by atoms with van der Waals surface area (Å²) < 4.78 is 16.6. The molecule has 1 aromatic rings. The first kappa shape index (κ1) is 14.5. The van der Waals surface area contributed by atoms with Gasteiger partial charge in [0, 0.05) is 25.2 Å². The van der Waals surface area contributed by atoms with Crippen molar-refractivity contribution in [2.24, 2.45) is 7.05 Å². The van der Waals surface area contributed by atoms with Gasteiger partial charge in [-0.1, -0.05) is 13.3 Å². The molecule has 0 spiro atoms. The number of aryl methyl sites for hydroxylation is 2. The van der Waals surface area contributed by atoms with Crippen molar-refractivity contribution in [2.75, 3.05) is 6.54 Å². The molecule has 3 nitrogen and oxygen atoms in total. The van der Waals surface area contributed by atoms with E-state index in [9.17, 15) is 4.39 Å². The van der Waals surface area contributed by atoms with Crippen molar-refractivity contribution in [2.45, 2.75) is 64.1 Å². The van der Waals surface area contributed by atoms with Crippen LogP contribution in [0.4, 0.5) is 4.39 Å². The molecule has 0 saturated carbocycles. The summed E-state index contributed by atoms with van der Waals surface area (Å²) in [6.45, 7) is 4.83. The molecule has 1 N–H and O–H groups in total. The Hall–Kier alpha value is -0.900. The maximum Gasteiger partial charge on any atom is 0.115 e. The van der Waals surface area contributed by atoms with Crippen molar-refractivity contribution >= 4 is 0 Å². The molecule has 4 heteroatoms. The first-order valence-corrected chi connectivity index (χ1v) is 7.44. The summed E-state index contributed by atoms with van der Waals surface area (Å²) in [7, 11) is 1.91. The maximum atomic E-state index is 14.8. The van der Waals surface area contributed by atoms with E-state index in [0.717, 1.165) is 30.8 Å². The molecule has 108 valence electrons. The molecule has 2 heterocycles. The highest BCUT2D eigenvalue weighted by atomic mass is 19.1. The Morgan fingerprint density at radius 2 is 2.32 bits per heavy atom. The molecule has 2 unspecified atom stereocenters. The van der Waals surface area contributed by atoms with E-state index in [2.05, 4.69) is 17.3 Å². The predicted molar refractivity (Wildman–Crippen MR) is 76.1 cm³/mol. The van der Waals surface area contributed by atoms with Crippen molar-refractivity contribution in [3.05, 3.63) is 17.5 Å². The third-order valence-electron chi connectivity index (χ3n) is 4.02. The van der Waals surface area contributed by atoms with Gasteiger partial charge >= 0.3 is 0 Å². The van der Waals surface area contributed by atoms with E-state index in [0.29, 0.717) is 18.9 Å². The second kappa shape index (κ2) is 6.04. The largest absolute Gasteiger partial charge is 0.314 e. The molecule has 1 aromatic heterocycles. The van der Waals surface area contributed by atoms with Crippen LogP contribution in [-0.4, -0.2) is 28.0 Å². The van der Waals surface area contributed by atoms with Crippen LogP contribution in [0.1, 0.15) is 50.9 Å². The number of nitrogens with one attached hydrogen (secondary N) is 1. The molecule has 0 amide bonds. The van der Waals surface area contributed by atoms with Crippen LogP contribution in [0.3, 0.4) is 0 Å². The number of nitrogens with zero attached hydrogens (tertiary/aromatic N) is 2. The molecule has 19 heavy (non-hydrogen) atoms. The molecule has 1 aliphatic rings. The van der Waals surface area contributed by atoms with E-state index in [4.69, 9.17) is 0 Å². The highest BCUT2D eigenvalue weighted by Crippen LogP contribution is 2.26. The first-order chi connectivity index (χ1) is 9.00. The van der Waals surface area contributed by atoms with Gasteiger partial charge in [-0.3, -0.25) is 4.68 Å². The number of alkyl halides is 1. The quantitative estimate of drug-likeness (QED) is 0.889. The van der Waals surface area contributed by atoms with E-state index in [1.54, 1.807) is 6.92 Å². The topological polar surface area (TPSA) is 29.9 Å². The normalized spacial score (nSPS) is 23.3. The van der Waals surface area contributed by atoms with Gasteiger partial charge in [0.1, 0.15) is 5.67 Å². The summed E-state index contributed by atoms with van der Waals surface area (Å²) in [5.74, 6) is 0. The standard InChI is InChI=1S/C15H26FN3/c1-4-12-9-14(19(3)18-12)11-15(2,16)10-13-7-5-6-8-17-13/h9,13,17H,4-8,10-11H2,1-3H3. The third-order valence-corrected chi connectivity index (χ3v) is 4.02. The van der Waals surface area contributed by atoms with Crippen molar-refractivity contribution in [1.82, 2.24) is 15.1 Å². The van der Waals surface area contributed by atoms with Crippen LogP contribution < -0.4 is 5.32 Å². The van der Waals surface area contributed by atoms with Crippen molar-refractivity contribution in [1.29, 1.82) is 0 Å². The summed E-state index contributed by atoms with van der Waals surface area (Å²) in [5, 5.41) is 7.82. The summed E-state index contributed by atoms with van der Waals surface area (Å²) in [6.07, 6.45) is 5.50. The van der Waals surface area contributed by atoms with Crippen molar-refractivity contribution < 1.29 is 4.39 Å². The molecule has 0 radical (unpaired) electrons. The number of hydrogen-bond donors (Lipinski definition) is 1. The predicted octanol–water partition coefficient (Wildman–Crippen LogP) is 2.79. The highest BCUT2D eigenvalue weighted by Gasteiger charge is 2.30. The van der Waals surface area contributed by atoms with E-state index in [-0.39, 0.29) is 0 Å². The van der Waals surface area contributed by atoms with E-state index in [1.165, 1.54) is 12.8 Å². The Morgan fingerprint density at radius 3 is 2.89 bits per heavy atom. The van der Waals surface area contributed by atoms with E-state index in [1.807, 2.05) is 17.8 Å². The monoisotopic (exact) mass is 267 g/mol. The van der Waals surface area contributed by atoms with Crippen LogP contribution in [0.2, 0.25) is 0 Å². The lowest BCUT2D eigenvalue weighted by molar-refractivity contribution is 0.143. The van der Waals surface area contributed by atoms with Crippen LogP contribution >= 0.6 is 0 Å². The Balaban J connectivity index is 1.96. The summed E-state index contributed by atoms with van der Waals surface area (Å²) in [6, 6.07) is 2.37. The lowest BCUT2D eigenvalue weighted by Gasteiger charge is -2.29. The zero-order valence-electron chi connectivity index (χ0n) is 12.4. The van der Waals surface area contributed by atoms with Crippen LogP contribution in [-0.2, 0) is 19.9 Å². The molecule has 2 rings (SSSR count). The highest BCUT2D eigenvalue weighted by molar-refractivity contribution is 5.12. The van der Waals surface area contributed by atoms with Crippen LogP contribution in [0, 0.1) is 0 Å². The van der Waals surface area contributed by atoms with Crippen LogP contribution in [0.15, 0.2) is 6.07 Å². The van der Waals surface area contributed by atoms with Crippen molar-refractivity contribution in [3.63, 3.8) is 0 Å². The second-order valence-electron chi connectivity index (χ2n) is 6.05. The molecular weight excluding hydrogens is 241 g/mol. The lowest BCUT2D eigenvalue weighted by atomic mass is 9.89. The number of rotatable bonds is 5. The van der Waals surface area contributed by atoms with E-state index >= 15 is 0 Å². The minimum absolute atomic E-state index is 0.336. The molecule has 0 aromatic carbocycles. The smallest absolute Gasteiger partial charge is 0.115 e. The fourth-order valence-electron chi connectivity index (χ4n) is 2.97. The van der Waals surface area contributed by atoms with Gasteiger partial charge in [-0.2, -0.15) is 5.10 Å². The number of aromatic nitrogens is 2. The second-order valence-corrected chi connectivity index (χ2v) is 6.05. The zero-order valence-corrected chi connectivity index (χ0v) is 12.4. The molecule has 0 bridgehead atoms. The van der Waals surface area contributed by atoms with Gasteiger partial charge in [-0.25, -0.2) is 4.39 Å². The van der Waals surface area contributed by atoms with Crippen molar-refractivity contribution in [3.8, 4) is 0 Å². The van der Waals surface area contributed by atoms with Crippen LogP contribution in [0.25, 0.3) is 0 Å². The number of hydrogen-bond acceptors (Lipinski definition) is 2. The third kappa shape index (κ3) is 4.03. The fraction of sp³-hybridized carbons (Fsp3) is 0.800. The van der Waals surface area contributed by atoms with Gasteiger partial charge in [-0.15, -0.1) is 0 Å². The summed E-state index contributed by atoms with van der Waals surface area (Å²) in [4.78, 5) is 0. The summed E-state index contributed by atoms with van der Waals surface area (Å²) in [5.41, 5.74) is 0.884. The zero-order chi connectivity index (χ0) is 13.9. The number of piperidine rings is 1. The lowest BCUT2D eigenvalue weighted by Crippen LogP contribution is -2.40. The Bertz CT molecular complexity index is 406. The molecular formula is C15H26FN3. The first-order valence-electron chi connectivity index (χ1n) is 7.44. The molecule has 1 fully saturated rings. The van der Waals surface area contributed by atoms with Gasteiger partial charge in [0.25, 0.3) is 0 Å². The van der Waals surface area contributed by atoms with Gasteiger partial charge in [0.15, 0.2) is 0 Å². The average molecular weight is 267 g/mol. The van der Waals surface area contributed by atoms with Gasteiger partial charge in [-0.05, 0) is 45.2 Å². The van der Waals surface area contributed by atoms with Crippen LogP contribution in [0.5, 0.6) is 0 Å². The molecule has 0 aliphatic carbocycles. The summed E-state index contributed by atoms with van der Waals surface area (Å²) >= 11 is 0. The Morgan fingerprint density at radius 1 is 1.53 bits per heavy atom. The van der Waals surface area contributed by atoms with E-state index < -0.39 is 5.67 Å². The maximum absolute atomic E-state index is 14.8. The molecule has 1 saturated heterocycles. The minimum atomic E-state index is -1.16. The van der Waals surface area contributed by atoms with Gasteiger partial charge in [0.05, 0.1) is 5.69 Å². The fourth-order valence-corrected chi connectivity index (χ4v) is 2.97. The Labute approximate surface area is 115 Å². The van der Waals surface area contributed by atoms with Gasteiger partial charge in [0.2, 0.25) is 0 Å². The molecule has 2 atom stereocenters. The Kier molecular flexibility index (Phi) is 4.61. The SMILES string of the molecule is CCc1cc(CC(C)(F)CC2CCCCN2)n(C)n1.